The van der Waals surface area contributed by atoms with Gasteiger partial charge in [-0.25, -0.2) is 0 Å². The molecule has 0 amide bonds. The third-order valence-electron chi connectivity index (χ3n) is 8.75. The molecule has 2 unspecified atom stereocenters. The Labute approximate surface area is 371 Å². The lowest BCUT2D eigenvalue weighted by molar-refractivity contribution is 0.669. The van der Waals surface area contributed by atoms with Crippen molar-refractivity contribution in [2.45, 2.75) is 12.8 Å². The highest BCUT2D eigenvalue weighted by Gasteiger charge is 2.24. The van der Waals surface area contributed by atoms with E-state index in [0.717, 1.165) is 0 Å². The lowest BCUT2D eigenvalue weighted by Crippen LogP contribution is -2.31. The summed E-state index contributed by atoms with van der Waals surface area (Å²) >= 11 is 32.9. The van der Waals surface area contributed by atoms with Crippen molar-refractivity contribution in [3.8, 4) is 44.5 Å². The average molecular weight is 822 g/mol. The van der Waals surface area contributed by atoms with Gasteiger partial charge >= 0.3 is 0 Å². The molecule has 10 rings (SSSR count). The minimum absolute atomic E-state index is 0.124. The zero-order valence-electron chi connectivity index (χ0n) is 51.5. The fraction of sp³-hybridized carbons (Fsp3) is 0.0417. The van der Waals surface area contributed by atoms with Crippen LogP contribution in [0.1, 0.15) is 47.1 Å². The summed E-state index contributed by atoms with van der Waals surface area (Å²) in [6.45, 7) is 0. The topological polar surface area (TPSA) is 13.1 Å². The van der Waals surface area contributed by atoms with E-state index >= 15 is 0 Å². The number of hydrogen-bond donors (Lipinski definition) is 0. The standard InChI is InChI=1S/C48H27Cl5O/c49-43-36-25-37-41-30(19-10-20-38(41)54-48(37)45(51)42(36)44(50)47(53)46(43)52)27-21-23-28(24-22-27)39-32-15-6-8-17-34(32)40(35-18-9-7-16-33(35)39)31-14-5-4-13-29(31)26-11-2-1-3-12-26/h1-6,8,10-25H,7,9H2/i1D,2D,3D,4D,5D,6D,7D,8D,9D,10D,11D,12D,13D,14D,15D,16D,17D,18D,19D,20D,21D,22D,23D,24D,25D. The fourth-order valence-corrected chi connectivity index (χ4v) is 7.84. The van der Waals surface area contributed by atoms with Crippen LogP contribution in [-0.2, 0) is 0 Å². The van der Waals surface area contributed by atoms with Crippen LogP contribution in [0, 0.1) is 0 Å². The van der Waals surface area contributed by atoms with E-state index in [1.807, 2.05) is 0 Å². The maximum Gasteiger partial charge on any atom is 0.154 e. The van der Waals surface area contributed by atoms with Gasteiger partial charge in [-0.15, -0.1) is 0 Å². The van der Waals surface area contributed by atoms with Crippen molar-refractivity contribution in [3.05, 3.63) is 162 Å². The Morgan fingerprint density at radius 1 is 0.444 bits per heavy atom. The summed E-state index contributed by atoms with van der Waals surface area (Å²) in [5.41, 5.74) is -7.23. The van der Waals surface area contributed by atoms with E-state index in [4.69, 9.17) is 80.2 Å². The molecule has 1 heterocycles. The van der Waals surface area contributed by atoms with E-state index in [-0.39, 0.29) is 46.9 Å². The minimum atomic E-state index is -2.06. The number of fused-ring (bicyclic) bond motifs is 6. The molecule has 0 radical (unpaired) electrons. The zero-order chi connectivity index (χ0) is 58.4. The molecule has 0 bridgehead atoms. The largest absolute Gasteiger partial charge is 0.454 e. The van der Waals surface area contributed by atoms with Gasteiger partial charge in [0.2, 0.25) is 0 Å². The summed E-state index contributed by atoms with van der Waals surface area (Å²) in [5, 5.41) is -5.60. The second-order valence-corrected chi connectivity index (χ2v) is 13.5. The molecule has 0 aliphatic heterocycles. The van der Waals surface area contributed by atoms with Crippen molar-refractivity contribution in [1.29, 1.82) is 0 Å². The first-order valence-corrected chi connectivity index (χ1v) is 17.4. The van der Waals surface area contributed by atoms with Crippen molar-refractivity contribution in [2.75, 3.05) is 0 Å². The first kappa shape index (κ1) is 16.6. The van der Waals surface area contributed by atoms with E-state index in [2.05, 4.69) is 0 Å². The first-order chi connectivity index (χ1) is 36.8. The van der Waals surface area contributed by atoms with Gasteiger partial charge in [-0.1, -0.05) is 185 Å². The molecule has 2 atom stereocenters. The molecule has 1 aromatic heterocycles. The van der Waals surface area contributed by atoms with Gasteiger partial charge in [0.05, 0.1) is 56.6 Å². The summed E-state index contributed by atoms with van der Waals surface area (Å²) in [6.07, 6.45) is -4.11. The van der Waals surface area contributed by atoms with Gasteiger partial charge in [-0.05, 0) is 90.6 Å². The second-order valence-electron chi connectivity index (χ2n) is 11.6. The van der Waals surface area contributed by atoms with Gasteiger partial charge in [0.15, 0.2) is 5.58 Å². The minimum Gasteiger partial charge on any atom is -0.454 e. The Bertz CT molecular complexity index is 4520. The van der Waals surface area contributed by atoms with Gasteiger partial charge in [0, 0.05) is 24.3 Å². The summed E-state index contributed by atoms with van der Waals surface area (Å²) in [5.74, 6) is 0. The van der Waals surface area contributed by atoms with Gasteiger partial charge in [0.1, 0.15) is 5.58 Å². The average Bonchev–Trinajstić information content (AvgIpc) is 3.60. The van der Waals surface area contributed by atoms with Gasteiger partial charge < -0.3 is 4.42 Å². The second kappa shape index (κ2) is 13.2. The number of rotatable bonds is 4. The van der Waals surface area contributed by atoms with E-state index in [9.17, 15) is 16.4 Å². The van der Waals surface area contributed by atoms with E-state index in [1.165, 1.54) is 0 Å². The molecule has 1 nitrogen and oxygen atoms in total. The molecule has 0 N–H and O–H groups in total. The van der Waals surface area contributed by atoms with Gasteiger partial charge in [-0.2, -0.15) is 0 Å². The van der Waals surface area contributed by atoms with Crippen LogP contribution in [0.4, 0.5) is 0 Å². The lowest BCUT2D eigenvalue weighted by atomic mass is 9.84. The molecule has 0 fully saturated rings. The summed E-state index contributed by atoms with van der Waals surface area (Å²) < 4.78 is 235. The smallest absolute Gasteiger partial charge is 0.154 e. The quantitative estimate of drug-likeness (QED) is 0.127. The monoisotopic (exact) mass is 819 g/mol. The lowest BCUT2D eigenvalue weighted by Gasteiger charge is -2.19. The van der Waals surface area contributed by atoms with E-state index in [1.54, 1.807) is 0 Å². The summed E-state index contributed by atoms with van der Waals surface area (Å²) in [7, 11) is 0. The first-order valence-electron chi connectivity index (χ1n) is 28.2. The molecule has 0 spiro atoms. The highest BCUT2D eigenvalue weighted by atomic mass is 35.5. The van der Waals surface area contributed by atoms with Gasteiger partial charge in [0.25, 0.3) is 0 Å². The van der Waals surface area contributed by atoms with E-state index < -0.39 is 228 Å². The third kappa shape index (κ3) is 5.14. The predicted octanol–water partition coefficient (Wildman–Crippen LogP) is 15.2. The van der Waals surface area contributed by atoms with Crippen LogP contribution in [0.25, 0.3) is 100 Å². The maximum atomic E-state index is 9.77. The number of furan rings is 1. The van der Waals surface area contributed by atoms with Gasteiger partial charge in [-0.3, -0.25) is 0 Å². The molecule has 0 saturated carbocycles. The van der Waals surface area contributed by atoms with Crippen LogP contribution >= 0.6 is 58.0 Å². The van der Waals surface area contributed by atoms with Crippen molar-refractivity contribution < 1.29 is 38.7 Å². The zero-order valence-corrected chi connectivity index (χ0v) is 30.2. The molecule has 1 aliphatic rings. The number of benzene rings is 8. The number of halogens is 5. The third-order valence-corrected chi connectivity index (χ3v) is 10.9. The maximum absolute atomic E-state index is 9.77. The fourth-order valence-electron chi connectivity index (χ4n) is 6.48. The summed E-state index contributed by atoms with van der Waals surface area (Å²) in [6, 6.07) is -22.3. The molecular weight excluding hydrogens is 770 g/mol. The van der Waals surface area contributed by atoms with Crippen LogP contribution in [0.3, 0.4) is 0 Å². The highest BCUT2D eigenvalue weighted by Crippen LogP contribution is 2.50. The molecule has 6 heteroatoms. The molecule has 8 aromatic carbocycles. The Morgan fingerprint density at radius 3 is 1.76 bits per heavy atom. The Morgan fingerprint density at radius 2 is 1.02 bits per heavy atom. The Hall–Kier alpha value is -4.73. The molecule has 54 heavy (non-hydrogen) atoms. The van der Waals surface area contributed by atoms with Crippen molar-refractivity contribution >= 4 is 114 Å². The van der Waals surface area contributed by atoms with Crippen LogP contribution in [-0.4, -0.2) is 0 Å². The molecule has 9 aromatic rings. The summed E-state index contributed by atoms with van der Waals surface area (Å²) in [4.78, 5) is 0. The molecule has 0 saturated heterocycles. The van der Waals surface area contributed by atoms with Crippen LogP contribution in [0.15, 0.2) is 131 Å². The SMILES string of the molecule is [2H]C1=c2c(-c3c([2H])c([2H])c(-c4c([2H])c([2H])c([2H])c5oc6c(Cl)c7c(Cl)c(Cl)c(Cl)c(Cl)c7c([2H])c6c45)c([2H])c3[2H])c3c([2H])c([2H])c([2H])c([2H])c3c(-c3c([2H])c([2H])c([2H])c([2H])c3-c3c([2H])c([2H])c([2H])c([2H])c3[2H])c2=C([2H])C([2H])C1[2H]. The molecule has 260 valence electrons. The van der Waals surface area contributed by atoms with E-state index in [0.29, 0.717) is 0 Å². The van der Waals surface area contributed by atoms with Crippen LogP contribution < -0.4 is 10.4 Å². The molecule has 1 aliphatic carbocycles. The predicted molar refractivity (Wildman–Crippen MR) is 233 cm³/mol. The van der Waals surface area contributed by atoms with Crippen molar-refractivity contribution in [3.63, 3.8) is 0 Å². The Balaban J connectivity index is 1.45. The Kier molecular flexibility index (Phi) is 4.06. The van der Waals surface area contributed by atoms with Crippen molar-refractivity contribution in [1.82, 2.24) is 0 Å². The number of hydrogen-bond acceptors (Lipinski definition) is 1. The van der Waals surface area contributed by atoms with Crippen LogP contribution in [0.2, 0.25) is 25.1 Å². The molecular formula is C48H27Cl5O. The van der Waals surface area contributed by atoms with Crippen LogP contribution in [0.5, 0.6) is 0 Å². The normalized spacial score (nSPS) is 22.3. The highest BCUT2D eigenvalue weighted by molar-refractivity contribution is 6.57. The van der Waals surface area contributed by atoms with Crippen molar-refractivity contribution in [2.24, 2.45) is 0 Å².